The van der Waals surface area contributed by atoms with Crippen molar-refractivity contribution >= 4 is 27.3 Å². The molecule has 3 aromatic rings. The van der Waals surface area contributed by atoms with E-state index in [4.69, 9.17) is 0 Å². The lowest BCUT2D eigenvalue weighted by molar-refractivity contribution is -0.117. The third-order valence-electron chi connectivity index (χ3n) is 5.57. The third-order valence-corrected chi connectivity index (χ3v) is 7.35. The molecular weight excluding hydrogens is 396 g/mol. The summed E-state index contributed by atoms with van der Waals surface area (Å²) in [4.78, 5) is 13.1. The number of benzene rings is 3. The molecule has 0 radical (unpaired) electrons. The number of amides is 1. The third kappa shape index (κ3) is 3.96. The van der Waals surface area contributed by atoms with Gasteiger partial charge in [0.2, 0.25) is 5.91 Å². The average Bonchev–Trinajstić information content (AvgIpc) is 2.79. The Morgan fingerprint density at radius 1 is 0.967 bits per heavy atom. The molecule has 154 valence electrons. The Morgan fingerprint density at radius 3 is 2.50 bits per heavy atom. The van der Waals surface area contributed by atoms with Gasteiger partial charge in [-0.05, 0) is 60.7 Å². The molecule has 1 atom stereocenters. The van der Waals surface area contributed by atoms with E-state index in [1.807, 2.05) is 24.3 Å². The van der Waals surface area contributed by atoms with Gasteiger partial charge in [-0.1, -0.05) is 48.5 Å². The Balaban J connectivity index is 1.56. The zero-order chi connectivity index (χ0) is 21.1. The van der Waals surface area contributed by atoms with Crippen LogP contribution in [0, 0.1) is 0 Å². The van der Waals surface area contributed by atoms with Gasteiger partial charge in [-0.15, -0.1) is 0 Å². The number of para-hydroxylation sites is 1. The zero-order valence-corrected chi connectivity index (χ0v) is 17.6. The van der Waals surface area contributed by atoms with Crippen LogP contribution >= 0.6 is 0 Å². The number of hydrogen-bond acceptors (Lipinski definition) is 3. The number of carbonyl (C=O) groups excluding carboxylic acids is 1. The van der Waals surface area contributed by atoms with Crippen LogP contribution in [0.3, 0.4) is 0 Å². The largest absolute Gasteiger partial charge is 0.326 e. The molecule has 1 amide bonds. The molecule has 0 unspecified atom stereocenters. The van der Waals surface area contributed by atoms with E-state index in [9.17, 15) is 13.2 Å². The van der Waals surface area contributed by atoms with E-state index in [2.05, 4.69) is 11.4 Å². The number of aryl methyl sites for hydroxylation is 1. The van der Waals surface area contributed by atoms with Crippen molar-refractivity contribution in [2.24, 2.45) is 0 Å². The Kier molecular flexibility index (Phi) is 5.59. The van der Waals surface area contributed by atoms with Crippen molar-refractivity contribution in [3.8, 4) is 0 Å². The van der Waals surface area contributed by atoms with Gasteiger partial charge < -0.3 is 5.32 Å². The predicted octanol–water partition coefficient (Wildman–Crippen LogP) is 4.57. The summed E-state index contributed by atoms with van der Waals surface area (Å²) in [6, 6.07) is 23.4. The minimum Gasteiger partial charge on any atom is -0.326 e. The SMILES string of the molecule is CN(c1ccccc1)S(=O)(=O)c1cccc(NC(=O)[C@H]2CCCc3ccccc32)c1. The normalized spacial score (nSPS) is 15.8. The van der Waals surface area contributed by atoms with E-state index in [0.29, 0.717) is 11.4 Å². The van der Waals surface area contributed by atoms with Gasteiger partial charge in [-0.3, -0.25) is 9.10 Å². The molecule has 0 heterocycles. The summed E-state index contributed by atoms with van der Waals surface area (Å²) in [7, 11) is -2.22. The number of hydrogen-bond donors (Lipinski definition) is 1. The first-order valence-electron chi connectivity index (χ1n) is 9.99. The van der Waals surface area contributed by atoms with Crippen LogP contribution in [0.25, 0.3) is 0 Å². The smallest absolute Gasteiger partial charge is 0.264 e. The van der Waals surface area contributed by atoms with Crippen LogP contribution in [0.4, 0.5) is 11.4 Å². The lowest BCUT2D eigenvalue weighted by Crippen LogP contribution is -2.27. The maximum absolute atomic E-state index is 13.0. The first kappa shape index (κ1) is 20.2. The van der Waals surface area contributed by atoms with Gasteiger partial charge in [0.05, 0.1) is 16.5 Å². The fourth-order valence-corrected chi connectivity index (χ4v) is 5.17. The van der Waals surface area contributed by atoms with Crippen LogP contribution in [0.5, 0.6) is 0 Å². The van der Waals surface area contributed by atoms with E-state index in [0.717, 1.165) is 24.8 Å². The van der Waals surface area contributed by atoms with Gasteiger partial charge in [-0.2, -0.15) is 0 Å². The maximum atomic E-state index is 13.0. The number of sulfonamides is 1. The number of nitrogens with one attached hydrogen (secondary N) is 1. The van der Waals surface area contributed by atoms with Crippen LogP contribution in [-0.2, 0) is 21.2 Å². The topological polar surface area (TPSA) is 66.5 Å². The average molecular weight is 421 g/mol. The highest BCUT2D eigenvalue weighted by atomic mass is 32.2. The van der Waals surface area contributed by atoms with E-state index < -0.39 is 10.0 Å². The summed E-state index contributed by atoms with van der Waals surface area (Å²) in [6.07, 6.45) is 2.74. The van der Waals surface area contributed by atoms with Crippen molar-refractivity contribution in [2.45, 2.75) is 30.1 Å². The molecule has 0 aromatic heterocycles. The van der Waals surface area contributed by atoms with Crippen molar-refractivity contribution < 1.29 is 13.2 Å². The number of fused-ring (bicyclic) bond motifs is 1. The first-order chi connectivity index (χ1) is 14.5. The molecule has 30 heavy (non-hydrogen) atoms. The highest BCUT2D eigenvalue weighted by Gasteiger charge is 2.27. The first-order valence-corrected chi connectivity index (χ1v) is 11.4. The van der Waals surface area contributed by atoms with Crippen molar-refractivity contribution in [3.05, 3.63) is 90.0 Å². The van der Waals surface area contributed by atoms with Gasteiger partial charge in [-0.25, -0.2) is 8.42 Å². The second-order valence-corrected chi connectivity index (χ2v) is 9.44. The van der Waals surface area contributed by atoms with Gasteiger partial charge in [0.1, 0.15) is 0 Å². The second kappa shape index (κ2) is 8.32. The Bertz CT molecular complexity index is 1160. The lowest BCUT2D eigenvalue weighted by atomic mass is 9.82. The quantitative estimate of drug-likeness (QED) is 0.657. The van der Waals surface area contributed by atoms with Crippen LogP contribution in [0.15, 0.2) is 83.8 Å². The van der Waals surface area contributed by atoms with Gasteiger partial charge >= 0.3 is 0 Å². The lowest BCUT2D eigenvalue weighted by Gasteiger charge is -2.25. The molecule has 0 fully saturated rings. The predicted molar refractivity (Wildman–Crippen MR) is 119 cm³/mol. The second-order valence-electron chi connectivity index (χ2n) is 7.47. The van der Waals surface area contributed by atoms with Crippen molar-refractivity contribution in [2.75, 3.05) is 16.7 Å². The van der Waals surface area contributed by atoms with Gasteiger partial charge in [0.15, 0.2) is 0 Å². The van der Waals surface area contributed by atoms with Gasteiger partial charge in [0, 0.05) is 12.7 Å². The molecule has 4 rings (SSSR count). The van der Waals surface area contributed by atoms with Gasteiger partial charge in [0.25, 0.3) is 10.0 Å². The number of carbonyl (C=O) groups is 1. The standard InChI is InChI=1S/C24H24N2O3S/c1-26(20-12-3-2-4-13-20)30(28,29)21-14-8-11-19(17-21)25-24(27)23-16-7-10-18-9-5-6-15-22(18)23/h2-6,8-9,11-15,17,23H,7,10,16H2,1H3,(H,25,27)/t23-/m0/s1. The maximum Gasteiger partial charge on any atom is 0.264 e. The van der Waals surface area contributed by atoms with Crippen molar-refractivity contribution in [1.29, 1.82) is 0 Å². The minimum absolute atomic E-state index is 0.104. The molecule has 1 N–H and O–H groups in total. The highest BCUT2D eigenvalue weighted by molar-refractivity contribution is 7.92. The molecule has 0 aliphatic heterocycles. The summed E-state index contributed by atoms with van der Waals surface area (Å²) in [6.45, 7) is 0. The zero-order valence-electron chi connectivity index (χ0n) is 16.8. The van der Waals surface area contributed by atoms with E-state index in [-0.39, 0.29) is 16.7 Å². The number of nitrogens with zero attached hydrogens (tertiary/aromatic N) is 1. The molecule has 1 aliphatic rings. The molecule has 6 heteroatoms. The minimum atomic E-state index is -3.74. The van der Waals surface area contributed by atoms with Crippen molar-refractivity contribution in [1.82, 2.24) is 0 Å². The summed E-state index contributed by atoms with van der Waals surface area (Å²) >= 11 is 0. The highest BCUT2D eigenvalue weighted by Crippen LogP contribution is 2.32. The molecule has 0 saturated carbocycles. The van der Waals surface area contributed by atoms with Crippen LogP contribution in [0.2, 0.25) is 0 Å². The Labute approximate surface area is 177 Å². The van der Waals surface area contributed by atoms with Crippen molar-refractivity contribution in [3.63, 3.8) is 0 Å². The molecule has 0 saturated heterocycles. The molecule has 5 nitrogen and oxygen atoms in total. The molecule has 0 bridgehead atoms. The van der Waals surface area contributed by atoms with Crippen LogP contribution in [0.1, 0.15) is 29.9 Å². The summed E-state index contributed by atoms with van der Waals surface area (Å²) < 4.78 is 27.3. The Hall–Kier alpha value is -3.12. The molecule has 1 aliphatic carbocycles. The monoisotopic (exact) mass is 420 g/mol. The van der Waals surface area contributed by atoms with Crippen LogP contribution in [-0.4, -0.2) is 21.4 Å². The summed E-state index contributed by atoms with van der Waals surface area (Å²) in [5.74, 6) is -0.324. The van der Waals surface area contributed by atoms with Crippen LogP contribution < -0.4 is 9.62 Å². The fraction of sp³-hybridized carbons (Fsp3) is 0.208. The molecular formula is C24H24N2O3S. The fourth-order valence-electron chi connectivity index (χ4n) is 3.92. The number of rotatable bonds is 5. The molecule has 0 spiro atoms. The number of anilines is 2. The molecule has 3 aromatic carbocycles. The van der Waals surface area contributed by atoms with E-state index in [1.165, 1.54) is 23.0 Å². The summed E-state index contributed by atoms with van der Waals surface area (Å²) in [5, 5.41) is 2.92. The van der Waals surface area contributed by atoms with E-state index >= 15 is 0 Å². The summed E-state index contributed by atoms with van der Waals surface area (Å²) in [5.41, 5.74) is 3.33. The Morgan fingerprint density at radius 2 is 1.70 bits per heavy atom. The van der Waals surface area contributed by atoms with E-state index in [1.54, 1.807) is 42.5 Å².